The molecule has 1 aliphatic rings. The Morgan fingerprint density at radius 1 is 1.08 bits per heavy atom. The van der Waals surface area contributed by atoms with Crippen molar-refractivity contribution < 1.29 is 13.2 Å². The molecule has 0 radical (unpaired) electrons. The van der Waals surface area contributed by atoms with E-state index < -0.39 is 15.6 Å². The molecule has 3 rings (SSSR count). The Hall–Kier alpha value is -1.95. The molecule has 0 bridgehead atoms. The molecule has 25 heavy (non-hydrogen) atoms. The third-order valence-corrected chi connectivity index (χ3v) is 5.73. The highest BCUT2D eigenvalue weighted by Crippen LogP contribution is 2.32. The summed E-state index contributed by atoms with van der Waals surface area (Å²) in [5.74, 6) is 0. The van der Waals surface area contributed by atoms with Crippen LogP contribution in [0, 0.1) is 6.92 Å². The van der Waals surface area contributed by atoms with Crippen molar-refractivity contribution in [3.8, 4) is 0 Å². The van der Waals surface area contributed by atoms with Crippen LogP contribution in [0.3, 0.4) is 0 Å². The first-order valence-electron chi connectivity index (χ1n) is 8.28. The summed E-state index contributed by atoms with van der Waals surface area (Å²) < 4.78 is 33.0. The fourth-order valence-corrected chi connectivity index (χ4v) is 4.02. The number of ether oxygens (including phenoxy) is 1. The van der Waals surface area contributed by atoms with Gasteiger partial charge in [0.05, 0.1) is 5.60 Å². The van der Waals surface area contributed by atoms with Gasteiger partial charge in [0.15, 0.2) is 0 Å². The maximum Gasteiger partial charge on any atom is 0.233 e. The van der Waals surface area contributed by atoms with E-state index in [4.69, 9.17) is 4.74 Å². The Morgan fingerprint density at radius 2 is 1.68 bits per heavy atom. The van der Waals surface area contributed by atoms with Crippen LogP contribution in [0.1, 0.15) is 22.3 Å². The van der Waals surface area contributed by atoms with Crippen molar-refractivity contribution in [2.45, 2.75) is 25.4 Å². The van der Waals surface area contributed by atoms with Gasteiger partial charge < -0.3 is 4.74 Å². The number of sulfonamides is 1. The molecule has 0 heterocycles. The molecule has 132 valence electrons. The van der Waals surface area contributed by atoms with Crippen LogP contribution >= 0.6 is 0 Å². The maximum atomic E-state index is 12.3. The summed E-state index contributed by atoms with van der Waals surface area (Å²) in [5, 5.41) is 1.21. The summed E-state index contributed by atoms with van der Waals surface area (Å²) in [6.07, 6.45) is 3.03. The van der Waals surface area contributed by atoms with Gasteiger partial charge in [-0.25, -0.2) is 13.1 Å². The van der Waals surface area contributed by atoms with E-state index in [-0.39, 0.29) is 6.54 Å². The molecule has 4 nitrogen and oxygen atoms in total. The number of hydrogen-bond acceptors (Lipinski definition) is 3. The van der Waals surface area contributed by atoms with E-state index in [0.717, 1.165) is 11.1 Å². The minimum Gasteiger partial charge on any atom is -0.376 e. The average Bonchev–Trinajstić information content (AvgIpc) is 2.99. The predicted octanol–water partition coefficient (Wildman–Crippen LogP) is 3.07. The third-order valence-electron chi connectivity index (χ3n) is 4.69. The Kier molecular flexibility index (Phi) is 5.08. The number of rotatable bonds is 6. The van der Waals surface area contributed by atoms with E-state index in [1.165, 1.54) is 16.5 Å². The molecular formula is C20H23NO3S. The van der Waals surface area contributed by atoms with Gasteiger partial charge in [0.2, 0.25) is 10.0 Å². The second kappa shape index (κ2) is 7.12. The fraction of sp³-hybridized carbons (Fsp3) is 0.300. The number of hydrogen-bond donors (Lipinski definition) is 1. The summed E-state index contributed by atoms with van der Waals surface area (Å²) in [4.78, 5) is 0. The van der Waals surface area contributed by atoms with Crippen LogP contribution in [0.5, 0.6) is 0 Å². The lowest BCUT2D eigenvalue weighted by atomic mass is 10.0. The van der Waals surface area contributed by atoms with Crippen molar-refractivity contribution in [1.29, 1.82) is 0 Å². The topological polar surface area (TPSA) is 55.4 Å². The van der Waals surface area contributed by atoms with Gasteiger partial charge in [-0.3, -0.25) is 0 Å². The van der Waals surface area contributed by atoms with Gasteiger partial charge in [-0.2, -0.15) is 0 Å². The normalized spacial score (nSPS) is 16.2. The van der Waals surface area contributed by atoms with Crippen molar-refractivity contribution in [3.63, 3.8) is 0 Å². The minimum absolute atomic E-state index is 0.249. The second-order valence-electron chi connectivity index (χ2n) is 6.59. The summed E-state index contributed by atoms with van der Waals surface area (Å²) in [6.45, 7) is 2.24. The third kappa shape index (κ3) is 4.37. The molecule has 0 unspecified atom stereocenters. The molecule has 2 aromatic rings. The molecule has 1 aliphatic carbocycles. The summed E-state index contributed by atoms with van der Waals surface area (Å²) in [7, 11) is -1.88. The average molecular weight is 357 g/mol. The van der Waals surface area contributed by atoms with Crippen molar-refractivity contribution in [1.82, 2.24) is 4.72 Å². The van der Waals surface area contributed by atoms with Crippen LogP contribution in [-0.4, -0.2) is 27.7 Å². The summed E-state index contributed by atoms with van der Waals surface area (Å²) >= 11 is 0. The fourth-order valence-electron chi connectivity index (χ4n) is 3.13. The zero-order valence-corrected chi connectivity index (χ0v) is 15.3. The molecule has 2 aromatic carbocycles. The van der Waals surface area contributed by atoms with Crippen molar-refractivity contribution in [3.05, 3.63) is 76.2 Å². The smallest absolute Gasteiger partial charge is 0.233 e. The first-order chi connectivity index (χ1) is 11.9. The lowest BCUT2D eigenvalue weighted by Crippen LogP contribution is -2.44. The number of methoxy groups -OCH3 is 1. The van der Waals surface area contributed by atoms with E-state index in [9.17, 15) is 8.42 Å². The SMILES string of the molecule is COC1(CNS(=O)(=O)/C=C/c2ccc(C)cc2)Cc2ccccc2C1. The first kappa shape index (κ1) is 17.9. The minimum atomic E-state index is -3.52. The molecule has 0 atom stereocenters. The number of nitrogens with one attached hydrogen (secondary N) is 1. The number of benzene rings is 2. The van der Waals surface area contributed by atoms with E-state index >= 15 is 0 Å². The second-order valence-corrected chi connectivity index (χ2v) is 8.24. The van der Waals surface area contributed by atoms with Gasteiger partial charge in [-0.1, -0.05) is 54.1 Å². The molecule has 0 aromatic heterocycles. The molecule has 0 spiro atoms. The van der Waals surface area contributed by atoms with Crippen LogP contribution < -0.4 is 4.72 Å². The summed E-state index contributed by atoms with van der Waals surface area (Å²) in [6, 6.07) is 15.8. The van der Waals surface area contributed by atoms with Gasteiger partial charge in [0.25, 0.3) is 0 Å². The zero-order valence-electron chi connectivity index (χ0n) is 14.5. The highest BCUT2D eigenvalue weighted by atomic mass is 32.2. The molecule has 5 heteroatoms. The molecule has 0 fully saturated rings. The van der Waals surface area contributed by atoms with Crippen molar-refractivity contribution >= 4 is 16.1 Å². The number of fused-ring (bicyclic) bond motifs is 1. The lowest BCUT2D eigenvalue weighted by molar-refractivity contribution is 0.00384. The molecular weight excluding hydrogens is 334 g/mol. The van der Waals surface area contributed by atoms with Gasteiger partial charge in [0.1, 0.15) is 0 Å². The highest BCUT2D eigenvalue weighted by molar-refractivity contribution is 7.92. The summed E-state index contributed by atoms with van der Waals surface area (Å²) in [5.41, 5.74) is 3.92. The van der Waals surface area contributed by atoms with E-state index in [2.05, 4.69) is 16.9 Å². The Labute approximate surface area is 149 Å². The van der Waals surface area contributed by atoms with Crippen molar-refractivity contribution in [2.24, 2.45) is 0 Å². The highest BCUT2D eigenvalue weighted by Gasteiger charge is 2.37. The maximum absolute atomic E-state index is 12.3. The molecule has 0 amide bonds. The first-order valence-corrected chi connectivity index (χ1v) is 9.82. The Bertz CT molecular complexity index is 845. The van der Waals surface area contributed by atoms with Crippen LogP contribution in [0.2, 0.25) is 0 Å². The number of aryl methyl sites for hydroxylation is 1. The predicted molar refractivity (Wildman–Crippen MR) is 101 cm³/mol. The molecule has 0 saturated carbocycles. The van der Waals surface area contributed by atoms with Crippen LogP contribution in [0.25, 0.3) is 6.08 Å². The molecule has 0 saturated heterocycles. The van der Waals surface area contributed by atoms with Gasteiger partial charge in [0, 0.05) is 31.9 Å². The van der Waals surface area contributed by atoms with E-state index in [0.29, 0.717) is 12.8 Å². The van der Waals surface area contributed by atoms with Gasteiger partial charge in [-0.15, -0.1) is 0 Å². The largest absolute Gasteiger partial charge is 0.376 e. The Balaban J connectivity index is 1.66. The van der Waals surface area contributed by atoms with E-state index in [1.807, 2.05) is 43.3 Å². The lowest BCUT2D eigenvalue weighted by Gasteiger charge is -2.27. The molecule has 0 aliphatic heterocycles. The van der Waals surface area contributed by atoms with E-state index in [1.54, 1.807) is 13.2 Å². The van der Waals surface area contributed by atoms with Crippen LogP contribution in [0.15, 0.2) is 53.9 Å². The van der Waals surface area contributed by atoms with Crippen LogP contribution in [-0.2, 0) is 27.6 Å². The molecule has 1 N–H and O–H groups in total. The monoisotopic (exact) mass is 357 g/mol. The quantitative estimate of drug-likeness (QED) is 0.864. The van der Waals surface area contributed by atoms with Gasteiger partial charge in [-0.05, 0) is 29.7 Å². The van der Waals surface area contributed by atoms with Crippen LogP contribution in [0.4, 0.5) is 0 Å². The zero-order chi connectivity index (χ0) is 17.9. The van der Waals surface area contributed by atoms with Gasteiger partial charge >= 0.3 is 0 Å². The van der Waals surface area contributed by atoms with Crippen molar-refractivity contribution in [2.75, 3.05) is 13.7 Å². The standard InChI is InChI=1S/C20H23NO3S/c1-16-7-9-17(10-8-16)11-12-25(22,23)21-15-20(24-2)13-18-5-3-4-6-19(18)14-20/h3-12,21H,13-15H2,1-2H3/b12-11+. The Morgan fingerprint density at radius 3 is 2.24 bits per heavy atom.